The molecule has 2 aromatic rings. The third-order valence-corrected chi connectivity index (χ3v) is 5.87. The minimum Gasteiger partial charge on any atom is -0.504 e. The van der Waals surface area contributed by atoms with Crippen molar-refractivity contribution in [3.63, 3.8) is 0 Å². The van der Waals surface area contributed by atoms with Crippen molar-refractivity contribution < 1.29 is 32.5 Å². The van der Waals surface area contributed by atoms with Gasteiger partial charge in [-0.2, -0.15) is 9.41 Å². The standard InChI is InChI=1S/C19H23N3O7S/c1-22(30(25,26)14-8-9-15(27-2)17(10-14)29-4)12-18(23)21-20-11-13-6-5-7-16(28-3)19(13)24/h5-11,24H,12H2,1-4H3,(H,21,23)/b20-11-. The molecule has 0 fully saturated rings. The Bertz CT molecular complexity index is 1040. The highest BCUT2D eigenvalue weighted by molar-refractivity contribution is 7.89. The van der Waals surface area contributed by atoms with Gasteiger partial charge in [0.1, 0.15) is 0 Å². The number of benzene rings is 2. The predicted molar refractivity (Wildman–Crippen MR) is 110 cm³/mol. The highest BCUT2D eigenvalue weighted by Crippen LogP contribution is 2.30. The average Bonchev–Trinajstić information content (AvgIpc) is 2.74. The molecule has 0 aliphatic rings. The van der Waals surface area contributed by atoms with Gasteiger partial charge >= 0.3 is 0 Å². The molecule has 10 nitrogen and oxygen atoms in total. The third kappa shape index (κ3) is 5.19. The molecule has 0 aliphatic heterocycles. The van der Waals surface area contributed by atoms with Gasteiger partial charge in [0, 0.05) is 18.7 Å². The van der Waals surface area contributed by atoms with Crippen molar-refractivity contribution in [2.75, 3.05) is 34.9 Å². The van der Waals surface area contributed by atoms with E-state index in [1.165, 1.54) is 52.8 Å². The van der Waals surface area contributed by atoms with Crippen LogP contribution in [0.4, 0.5) is 0 Å². The Morgan fingerprint density at radius 1 is 1.10 bits per heavy atom. The van der Waals surface area contributed by atoms with Crippen molar-refractivity contribution in [2.24, 2.45) is 5.10 Å². The number of hydrogen-bond donors (Lipinski definition) is 2. The number of phenols is 1. The fourth-order valence-corrected chi connectivity index (χ4v) is 3.60. The molecule has 30 heavy (non-hydrogen) atoms. The number of phenolic OH excluding ortho intramolecular Hbond substituents is 1. The van der Waals surface area contributed by atoms with Gasteiger partial charge in [-0.05, 0) is 24.3 Å². The number of amides is 1. The molecule has 0 heterocycles. The second-order valence-corrected chi connectivity index (χ2v) is 8.01. The fraction of sp³-hybridized carbons (Fsp3) is 0.263. The number of nitrogens with one attached hydrogen (secondary N) is 1. The van der Waals surface area contributed by atoms with Gasteiger partial charge < -0.3 is 19.3 Å². The first-order chi connectivity index (χ1) is 14.2. The van der Waals surface area contributed by atoms with Crippen molar-refractivity contribution in [1.29, 1.82) is 0 Å². The number of carbonyl (C=O) groups excluding carboxylic acids is 1. The number of hydrazone groups is 1. The quantitative estimate of drug-likeness (QED) is 0.446. The number of carbonyl (C=O) groups is 1. The van der Waals surface area contributed by atoms with Crippen LogP contribution in [0.25, 0.3) is 0 Å². The predicted octanol–water partition coefficient (Wildman–Crippen LogP) is 1.19. The number of ether oxygens (including phenoxy) is 3. The minimum absolute atomic E-state index is 0.0553. The molecule has 162 valence electrons. The first-order valence-electron chi connectivity index (χ1n) is 8.60. The Hall–Kier alpha value is -3.31. The topological polar surface area (TPSA) is 127 Å². The third-order valence-electron chi connectivity index (χ3n) is 4.07. The van der Waals surface area contributed by atoms with E-state index >= 15 is 0 Å². The lowest BCUT2D eigenvalue weighted by atomic mass is 10.2. The molecule has 11 heteroatoms. The summed E-state index contributed by atoms with van der Waals surface area (Å²) in [6, 6.07) is 8.91. The molecule has 2 rings (SSSR count). The van der Waals surface area contributed by atoms with Crippen molar-refractivity contribution >= 4 is 22.1 Å². The highest BCUT2D eigenvalue weighted by atomic mass is 32.2. The van der Waals surface area contributed by atoms with Gasteiger partial charge in [-0.3, -0.25) is 4.79 Å². The van der Waals surface area contributed by atoms with Crippen LogP contribution in [0.2, 0.25) is 0 Å². The van der Waals surface area contributed by atoms with Crippen LogP contribution in [-0.2, 0) is 14.8 Å². The Morgan fingerprint density at radius 3 is 2.40 bits per heavy atom. The zero-order chi connectivity index (χ0) is 22.3. The first kappa shape index (κ1) is 23.0. The van der Waals surface area contributed by atoms with Crippen molar-refractivity contribution in [1.82, 2.24) is 9.73 Å². The summed E-state index contributed by atoms with van der Waals surface area (Å²) in [5, 5.41) is 13.7. The smallest absolute Gasteiger partial charge is 0.255 e. The molecular formula is C19H23N3O7S. The van der Waals surface area contributed by atoms with Crippen LogP contribution in [0.15, 0.2) is 46.4 Å². The molecule has 2 N–H and O–H groups in total. The second kappa shape index (κ2) is 9.94. The highest BCUT2D eigenvalue weighted by Gasteiger charge is 2.24. The molecule has 0 radical (unpaired) electrons. The van der Waals surface area contributed by atoms with Gasteiger partial charge in [0.15, 0.2) is 23.0 Å². The number of para-hydroxylation sites is 1. The van der Waals surface area contributed by atoms with Gasteiger partial charge in [0.2, 0.25) is 10.0 Å². The zero-order valence-corrected chi connectivity index (χ0v) is 17.8. The van der Waals surface area contributed by atoms with Gasteiger partial charge in [0.05, 0.1) is 39.0 Å². The summed E-state index contributed by atoms with van der Waals surface area (Å²) in [5.74, 6) is 0.0865. The Kier molecular flexibility index (Phi) is 7.61. The molecule has 0 saturated carbocycles. The molecule has 0 saturated heterocycles. The number of nitrogens with zero attached hydrogens (tertiary/aromatic N) is 2. The van der Waals surface area contributed by atoms with Crippen LogP contribution in [-0.4, -0.2) is 64.9 Å². The normalized spacial score (nSPS) is 11.5. The summed E-state index contributed by atoms with van der Waals surface area (Å²) in [6.45, 7) is -0.474. The van der Waals surface area contributed by atoms with E-state index in [2.05, 4.69) is 10.5 Å². The Morgan fingerprint density at radius 2 is 1.77 bits per heavy atom. The SMILES string of the molecule is COc1ccc(S(=O)(=O)N(C)CC(=O)N/N=C\c2cccc(OC)c2O)cc1OC. The lowest BCUT2D eigenvalue weighted by Crippen LogP contribution is -2.36. The maximum atomic E-state index is 12.7. The lowest BCUT2D eigenvalue weighted by molar-refractivity contribution is -0.121. The summed E-state index contributed by atoms with van der Waals surface area (Å²) >= 11 is 0. The van der Waals surface area contributed by atoms with Crippen molar-refractivity contribution in [2.45, 2.75) is 4.90 Å². The van der Waals surface area contributed by atoms with Crippen LogP contribution in [0.1, 0.15) is 5.56 Å². The molecule has 0 atom stereocenters. The number of methoxy groups -OCH3 is 3. The molecule has 0 unspecified atom stereocenters. The largest absolute Gasteiger partial charge is 0.504 e. The van der Waals surface area contributed by atoms with E-state index < -0.39 is 22.5 Å². The lowest BCUT2D eigenvalue weighted by Gasteiger charge is -2.17. The number of rotatable bonds is 9. The van der Waals surface area contributed by atoms with Crippen LogP contribution < -0.4 is 19.6 Å². The van der Waals surface area contributed by atoms with E-state index in [0.717, 1.165) is 4.31 Å². The average molecular weight is 437 g/mol. The number of hydrogen-bond acceptors (Lipinski definition) is 8. The molecule has 0 spiro atoms. The maximum Gasteiger partial charge on any atom is 0.255 e. The molecule has 1 amide bonds. The molecule has 2 aromatic carbocycles. The first-order valence-corrected chi connectivity index (χ1v) is 10.0. The number of likely N-dealkylation sites (N-methyl/N-ethyl adjacent to an activating group) is 1. The van der Waals surface area contributed by atoms with Gasteiger partial charge in [-0.25, -0.2) is 13.8 Å². The van der Waals surface area contributed by atoms with Crippen molar-refractivity contribution in [3.8, 4) is 23.0 Å². The van der Waals surface area contributed by atoms with E-state index in [1.54, 1.807) is 18.2 Å². The Balaban J connectivity index is 2.06. The monoisotopic (exact) mass is 437 g/mol. The fourth-order valence-electron chi connectivity index (χ4n) is 2.46. The zero-order valence-electron chi connectivity index (χ0n) is 16.9. The van der Waals surface area contributed by atoms with Crippen LogP contribution in [0.5, 0.6) is 23.0 Å². The molecular weight excluding hydrogens is 414 g/mol. The van der Waals surface area contributed by atoms with E-state index in [4.69, 9.17) is 14.2 Å². The van der Waals surface area contributed by atoms with E-state index in [1.807, 2.05) is 0 Å². The maximum absolute atomic E-state index is 12.7. The number of aromatic hydroxyl groups is 1. The summed E-state index contributed by atoms with van der Waals surface area (Å²) in [7, 11) is 1.55. The summed E-state index contributed by atoms with van der Waals surface area (Å²) in [5.41, 5.74) is 2.54. The second-order valence-electron chi connectivity index (χ2n) is 5.97. The summed E-state index contributed by atoms with van der Waals surface area (Å²) < 4.78 is 41.5. The Labute approximate surface area is 174 Å². The van der Waals surface area contributed by atoms with E-state index in [0.29, 0.717) is 11.3 Å². The molecule has 0 bridgehead atoms. The summed E-state index contributed by atoms with van der Waals surface area (Å²) in [4.78, 5) is 12.0. The van der Waals surface area contributed by atoms with Gasteiger partial charge in [0.25, 0.3) is 5.91 Å². The van der Waals surface area contributed by atoms with Gasteiger partial charge in [-0.15, -0.1) is 0 Å². The van der Waals surface area contributed by atoms with Crippen molar-refractivity contribution in [3.05, 3.63) is 42.0 Å². The molecule has 0 aromatic heterocycles. The van der Waals surface area contributed by atoms with Crippen LogP contribution in [0, 0.1) is 0 Å². The number of sulfonamides is 1. The van der Waals surface area contributed by atoms with Crippen LogP contribution in [0.3, 0.4) is 0 Å². The van der Waals surface area contributed by atoms with Gasteiger partial charge in [-0.1, -0.05) is 6.07 Å². The molecule has 0 aliphatic carbocycles. The van der Waals surface area contributed by atoms with Crippen LogP contribution >= 0.6 is 0 Å². The van der Waals surface area contributed by atoms with E-state index in [9.17, 15) is 18.3 Å². The summed E-state index contributed by atoms with van der Waals surface area (Å²) in [6.07, 6.45) is 1.22. The minimum atomic E-state index is -3.96. The van der Waals surface area contributed by atoms with E-state index in [-0.39, 0.29) is 22.1 Å².